The molecule has 18 heavy (non-hydrogen) atoms. The molecule has 0 aliphatic carbocycles. The quantitative estimate of drug-likeness (QED) is 0.705. The van der Waals surface area contributed by atoms with Gasteiger partial charge in [0.15, 0.2) is 0 Å². The van der Waals surface area contributed by atoms with Crippen LogP contribution in [0.15, 0.2) is 30.3 Å². The third-order valence-corrected chi connectivity index (χ3v) is 7.00. The summed E-state index contributed by atoms with van der Waals surface area (Å²) >= 11 is 0. The molecule has 0 saturated carbocycles. The molecule has 9 heteroatoms. The Morgan fingerprint density at radius 3 is 1.83 bits per heavy atom. The van der Waals surface area contributed by atoms with Crippen LogP contribution in [-0.2, 0) is 23.3 Å². The van der Waals surface area contributed by atoms with Crippen LogP contribution < -0.4 is 0 Å². The zero-order valence-electron chi connectivity index (χ0n) is 9.76. The topological polar surface area (TPSA) is 113 Å². The zero-order chi connectivity index (χ0) is 14.0. The Morgan fingerprint density at radius 1 is 1.06 bits per heavy atom. The Hall–Kier alpha value is -0.520. The summed E-state index contributed by atoms with van der Waals surface area (Å²) in [5, 5.41) is 7.22. The molecule has 0 aliphatic rings. The first kappa shape index (κ1) is 15.5. The predicted octanol–water partition coefficient (Wildman–Crippen LogP) is 1.45. The summed E-state index contributed by atoms with van der Waals surface area (Å²) < 4.78 is 32.8. The van der Waals surface area contributed by atoms with E-state index in [2.05, 4.69) is 9.05 Å². The van der Waals surface area contributed by atoms with Crippen molar-refractivity contribution in [3.63, 3.8) is 0 Å². The Labute approximate surface area is 104 Å². The maximum Gasteiger partial charge on any atom is 0.378 e. The second kappa shape index (κ2) is 5.23. The summed E-state index contributed by atoms with van der Waals surface area (Å²) in [5.74, 6) is 0. The van der Waals surface area contributed by atoms with Crippen LogP contribution in [0, 0.1) is 0 Å². The largest absolute Gasteiger partial charge is 0.378 e. The molecule has 0 bridgehead atoms. The number of benzene rings is 1. The third kappa shape index (κ3) is 2.31. The molecule has 3 N–H and O–H groups in total. The highest BCUT2D eigenvalue weighted by Gasteiger charge is 2.63. The highest BCUT2D eigenvalue weighted by atomic mass is 31.2. The highest BCUT2D eigenvalue weighted by molar-refractivity contribution is 7.72. The first-order chi connectivity index (χ1) is 8.23. The van der Waals surface area contributed by atoms with Gasteiger partial charge in [-0.2, -0.15) is 0 Å². The van der Waals surface area contributed by atoms with Crippen LogP contribution in [0.25, 0.3) is 0 Å². The van der Waals surface area contributed by atoms with Crippen molar-refractivity contribution in [3.8, 4) is 0 Å². The standard InChI is InChI=1S/C9H14O7P2/c1-15-18(14,16-2)9(10,17(11,12)13)8-6-4-3-5-7-8/h3-7,10H,1-2H3,(H2,11,12,13). The highest BCUT2D eigenvalue weighted by Crippen LogP contribution is 2.76. The number of rotatable bonds is 5. The second-order valence-electron chi connectivity index (χ2n) is 3.41. The van der Waals surface area contributed by atoms with Gasteiger partial charge < -0.3 is 23.9 Å². The molecule has 0 spiro atoms. The van der Waals surface area contributed by atoms with E-state index in [0.717, 1.165) is 14.2 Å². The van der Waals surface area contributed by atoms with Crippen molar-refractivity contribution in [2.75, 3.05) is 14.2 Å². The van der Waals surface area contributed by atoms with E-state index in [1.165, 1.54) is 24.3 Å². The number of hydrogen-bond donors (Lipinski definition) is 3. The number of hydrogen-bond acceptors (Lipinski definition) is 5. The van der Waals surface area contributed by atoms with Crippen molar-refractivity contribution in [1.82, 2.24) is 0 Å². The third-order valence-electron chi connectivity index (χ3n) is 2.43. The Morgan fingerprint density at radius 2 is 1.50 bits per heavy atom. The molecule has 0 radical (unpaired) electrons. The monoisotopic (exact) mass is 296 g/mol. The van der Waals surface area contributed by atoms with Crippen molar-refractivity contribution in [2.45, 2.75) is 5.08 Å². The van der Waals surface area contributed by atoms with Crippen molar-refractivity contribution in [1.29, 1.82) is 0 Å². The molecular formula is C9H14O7P2. The fraction of sp³-hybridized carbons (Fsp3) is 0.333. The molecule has 1 unspecified atom stereocenters. The second-order valence-corrected chi connectivity index (χ2v) is 7.87. The maximum atomic E-state index is 12.2. The lowest BCUT2D eigenvalue weighted by atomic mass is 10.2. The first-order valence-electron chi connectivity index (χ1n) is 4.78. The summed E-state index contributed by atoms with van der Waals surface area (Å²) in [5.41, 5.74) is -0.245. The van der Waals surface area contributed by atoms with Crippen molar-refractivity contribution < 1.29 is 33.1 Å². The Kier molecular flexibility index (Phi) is 4.51. The molecule has 0 aliphatic heterocycles. The van der Waals surface area contributed by atoms with Gasteiger partial charge in [-0.3, -0.25) is 9.13 Å². The van der Waals surface area contributed by atoms with Crippen molar-refractivity contribution >= 4 is 15.2 Å². The van der Waals surface area contributed by atoms with Gasteiger partial charge in [-0.15, -0.1) is 0 Å². The van der Waals surface area contributed by atoms with Crippen LogP contribution in [0.5, 0.6) is 0 Å². The minimum atomic E-state index is -5.22. The van der Waals surface area contributed by atoms with Gasteiger partial charge >= 0.3 is 15.2 Å². The molecule has 1 aromatic carbocycles. The first-order valence-corrected chi connectivity index (χ1v) is 7.93. The van der Waals surface area contributed by atoms with Crippen LogP contribution in [-0.4, -0.2) is 29.1 Å². The molecule has 102 valence electrons. The average Bonchev–Trinajstić information content (AvgIpc) is 2.36. The van der Waals surface area contributed by atoms with Crippen LogP contribution in [0.4, 0.5) is 0 Å². The normalized spacial score (nSPS) is 16.3. The van der Waals surface area contributed by atoms with Gasteiger partial charge in [0.1, 0.15) is 0 Å². The molecule has 0 fully saturated rings. The van der Waals surface area contributed by atoms with Crippen LogP contribution in [0.1, 0.15) is 5.56 Å². The molecule has 0 saturated heterocycles. The molecule has 0 heterocycles. The van der Waals surface area contributed by atoms with E-state index in [-0.39, 0.29) is 5.56 Å². The van der Waals surface area contributed by atoms with E-state index >= 15 is 0 Å². The van der Waals surface area contributed by atoms with Gasteiger partial charge in [-0.25, -0.2) is 0 Å². The Balaban J connectivity index is 3.58. The fourth-order valence-corrected chi connectivity index (χ4v) is 4.85. The molecule has 1 aromatic rings. The molecule has 0 aromatic heterocycles. The summed E-state index contributed by atoms with van der Waals surface area (Å²) in [6.45, 7) is 0. The number of aliphatic hydroxyl groups is 1. The van der Waals surface area contributed by atoms with Crippen molar-refractivity contribution in [3.05, 3.63) is 35.9 Å². The minimum absolute atomic E-state index is 0.245. The average molecular weight is 296 g/mol. The SMILES string of the molecule is COP(=O)(OC)C(O)(c1ccccc1)P(=O)(O)O. The lowest BCUT2D eigenvalue weighted by Gasteiger charge is -2.33. The molecule has 7 nitrogen and oxygen atoms in total. The van der Waals surface area contributed by atoms with Gasteiger partial charge in [0.2, 0.25) is 0 Å². The summed E-state index contributed by atoms with van der Waals surface area (Å²) in [6.07, 6.45) is 0. The van der Waals surface area contributed by atoms with Gasteiger partial charge in [-0.05, 0) is 0 Å². The van der Waals surface area contributed by atoms with E-state index in [1.54, 1.807) is 6.07 Å². The van der Waals surface area contributed by atoms with Gasteiger partial charge in [-0.1, -0.05) is 30.3 Å². The smallest absolute Gasteiger partial charge is 0.364 e. The zero-order valence-corrected chi connectivity index (χ0v) is 11.5. The minimum Gasteiger partial charge on any atom is -0.364 e. The summed E-state index contributed by atoms with van der Waals surface area (Å²) in [4.78, 5) is 18.6. The van der Waals surface area contributed by atoms with Gasteiger partial charge in [0.25, 0.3) is 5.08 Å². The predicted molar refractivity (Wildman–Crippen MR) is 64.0 cm³/mol. The van der Waals surface area contributed by atoms with E-state index < -0.39 is 20.3 Å². The van der Waals surface area contributed by atoms with Crippen LogP contribution >= 0.6 is 15.2 Å². The van der Waals surface area contributed by atoms with Crippen LogP contribution in [0.2, 0.25) is 0 Å². The van der Waals surface area contributed by atoms with Gasteiger partial charge in [0.05, 0.1) is 0 Å². The van der Waals surface area contributed by atoms with E-state index in [9.17, 15) is 24.0 Å². The fourth-order valence-electron chi connectivity index (χ4n) is 1.48. The lowest BCUT2D eigenvalue weighted by molar-refractivity contribution is 0.115. The summed E-state index contributed by atoms with van der Waals surface area (Å²) in [7, 11) is -7.80. The van der Waals surface area contributed by atoms with E-state index in [0.29, 0.717) is 0 Å². The molecule has 1 rings (SSSR count). The Bertz CT molecular complexity index is 489. The van der Waals surface area contributed by atoms with Gasteiger partial charge in [0, 0.05) is 19.8 Å². The van der Waals surface area contributed by atoms with E-state index in [4.69, 9.17) is 0 Å². The maximum absolute atomic E-state index is 12.2. The molecular weight excluding hydrogens is 282 g/mol. The summed E-state index contributed by atoms with van der Waals surface area (Å²) in [6, 6.07) is 6.90. The molecule has 0 amide bonds. The van der Waals surface area contributed by atoms with Crippen molar-refractivity contribution in [2.24, 2.45) is 0 Å². The van der Waals surface area contributed by atoms with E-state index in [1.807, 2.05) is 0 Å². The molecule has 1 atom stereocenters. The lowest BCUT2D eigenvalue weighted by Crippen LogP contribution is -2.27. The van der Waals surface area contributed by atoms with Crippen LogP contribution in [0.3, 0.4) is 0 Å².